The predicted octanol–water partition coefficient (Wildman–Crippen LogP) is 2.90. The molecular weight excluding hydrogens is 292 g/mol. The van der Waals surface area contributed by atoms with Crippen molar-refractivity contribution < 1.29 is 18.4 Å². The summed E-state index contributed by atoms with van der Waals surface area (Å²) in [4.78, 5) is 0. The van der Waals surface area contributed by atoms with Gasteiger partial charge >= 0.3 is 8.56 Å². The number of hydrogen-bond acceptors (Lipinski definition) is 4. The van der Waals surface area contributed by atoms with E-state index in [1.165, 1.54) is 0 Å². The highest BCUT2D eigenvalue weighted by Crippen LogP contribution is 2.27. The Morgan fingerprint density at radius 2 is 1.16 bits per heavy atom. The van der Waals surface area contributed by atoms with E-state index >= 15 is 0 Å². The van der Waals surface area contributed by atoms with E-state index in [4.69, 9.17) is 18.4 Å². The molecule has 0 fully saturated rings. The van der Waals surface area contributed by atoms with E-state index < -0.39 is 25.2 Å². The Hall–Kier alpha value is 0.491. The van der Waals surface area contributed by atoms with Gasteiger partial charge in [0.1, 0.15) is 0 Å². The van der Waals surface area contributed by atoms with Crippen LogP contribution in [0.15, 0.2) is 0 Å². The fraction of sp³-hybridized carbons (Fsp3) is 1.00. The summed E-state index contributed by atoms with van der Waals surface area (Å²) < 4.78 is 12.7. The molecule has 0 atom stereocenters. The number of hydrogen-bond donors (Lipinski definition) is 2. The van der Waals surface area contributed by atoms with Gasteiger partial charge in [-0.15, -0.1) is 0 Å². The molecule has 0 aliphatic rings. The van der Waals surface area contributed by atoms with Gasteiger partial charge in [-0.05, 0) is 64.2 Å². The molecule has 2 N–H and O–H groups in total. The molecule has 0 radical (unpaired) electrons. The lowest BCUT2D eigenvalue weighted by molar-refractivity contribution is 0.285. The molecule has 0 amide bonds. The molecule has 0 bridgehead atoms. The third-order valence-electron chi connectivity index (χ3n) is 2.77. The molecule has 0 spiro atoms. The molecule has 4 nitrogen and oxygen atoms in total. The third-order valence-corrected chi connectivity index (χ3v) is 13.9. The van der Waals surface area contributed by atoms with Crippen LogP contribution in [-0.2, 0) is 8.23 Å². The van der Waals surface area contributed by atoms with E-state index in [1.807, 2.05) is 0 Å². The van der Waals surface area contributed by atoms with Crippen molar-refractivity contribution in [2.45, 2.75) is 64.2 Å². The van der Waals surface area contributed by atoms with Crippen molar-refractivity contribution in [3.8, 4) is 0 Å². The van der Waals surface area contributed by atoms with Crippen LogP contribution in [0.1, 0.15) is 12.8 Å². The summed E-state index contributed by atoms with van der Waals surface area (Å²) in [6, 6.07) is 1.88. The van der Waals surface area contributed by atoms with E-state index in [-0.39, 0.29) is 13.2 Å². The second-order valence-corrected chi connectivity index (χ2v) is 19.4. The molecule has 0 heterocycles. The van der Waals surface area contributed by atoms with Crippen molar-refractivity contribution in [3.63, 3.8) is 0 Å². The summed E-state index contributed by atoms with van der Waals surface area (Å²) in [5.41, 5.74) is 0. The molecule has 7 heteroatoms. The molecule has 0 rings (SSSR count). The normalized spacial score (nSPS) is 13.9. The SMILES string of the molecule is C[Si](C)(C)O[Si](C)(C)O[Si](C)(CCCO)CCCO. The van der Waals surface area contributed by atoms with E-state index in [9.17, 15) is 0 Å². The largest absolute Gasteiger partial charge is 0.437 e. The quantitative estimate of drug-likeness (QED) is 0.607. The Labute approximate surface area is 121 Å². The minimum Gasteiger partial charge on any atom is -0.437 e. The first-order valence-electron chi connectivity index (χ1n) is 7.16. The lowest BCUT2D eigenvalue weighted by atomic mass is 10.5. The van der Waals surface area contributed by atoms with Gasteiger partial charge in [-0.2, -0.15) is 0 Å². The lowest BCUT2D eigenvalue weighted by Crippen LogP contribution is -2.52. The van der Waals surface area contributed by atoms with Gasteiger partial charge in [-0.25, -0.2) is 0 Å². The van der Waals surface area contributed by atoms with Crippen molar-refractivity contribution in [2.75, 3.05) is 13.2 Å². The molecule has 0 unspecified atom stereocenters. The van der Waals surface area contributed by atoms with Crippen LogP contribution in [0.2, 0.25) is 51.4 Å². The van der Waals surface area contributed by atoms with E-state index in [0.29, 0.717) is 0 Å². The number of rotatable bonds is 10. The Morgan fingerprint density at radius 1 is 0.737 bits per heavy atom. The van der Waals surface area contributed by atoms with Crippen LogP contribution in [0.5, 0.6) is 0 Å². The summed E-state index contributed by atoms with van der Waals surface area (Å²) in [6.45, 7) is 13.4. The van der Waals surface area contributed by atoms with Crippen LogP contribution >= 0.6 is 0 Å². The maximum Gasteiger partial charge on any atom is 0.311 e. The molecular formula is C12H32O4Si3. The first-order valence-corrected chi connectivity index (χ1v) is 16.2. The van der Waals surface area contributed by atoms with Gasteiger partial charge in [-0.3, -0.25) is 0 Å². The van der Waals surface area contributed by atoms with Gasteiger partial charge in [-0.1, -0.05) is 0 Å². The lowest BCUT2D eigenvalue weighted by Gasteiger charge is -2.39. The molecule has 0 saturated heterocycles. The fourth-order valence-electron chi connectivity index (χ4n) is 2.48. The molecule has 19 heavy (non-hydrogen) atoms. The Balaban J connectivity index is 4.68. The zero-order valence-corrected chi connectivity index (χ0v) is 16.5. The topological polar surface area (TPSA) is 58.9 Å². The van der Waals surface area contributed by atoms with Gasteiger partial charge in [0, 0.05) is 13.2 Å². The van der Waals surface area contributed by atoms with Crippen LogP contribution < -0.4 is 0 Å². The second-order valence-electron chi connectivity index (χ2n) is 6.82. The van der Waals surface area contributed by atoms with Gasteiger partial charge in [0.2, 0.25) is 0 Å². The number of aliphatic hydroxyl groups excluding tert-OH is 2. The van der Waals surface area contributed by atoms with Crippen LogP contribution in [0.3, 0.4) is 0 Å². The summed E-state index contributed by atoms with van der Waals surface area (Å²) >= 11 is 0. The minimum atomic E-state index is -2.11. The smallest absolute Gasteiger partial charge is 0.311 e. The van der Waals surface area contributed by atoms with Crippen molar-refractivity contribution in [1.29, 1.82) is 0 Å². The Bertz CT molecular complexity index is 246. The first kappa shape index (κ1) is 19.5. The van der Waals surface area contributed by atoms with Crippen LogP contribution in [0, 0.1) is 0 Å². The minimum absolute atomic E-state index is 0.210. The monoisotopic (exact) mass is 324 g/mol. The van der Waals surface area contributed by atoms with Crippen molar-refractivity contribution >= 4 is 25.2 Å². The van der Waals surface area contributed by atoms with Crippen molar-refractivity contribution in [2.24, 2.45) is 0 Å². The van der Waals surface area contributed by atoms with Crippen molar-refractivity contribution in [3.05, 3.63) is 0 Å². The maximum absolute atomic E-state index is 9.04. The zero-order valence-electron chi connectivity index (χ0n) is 13.5. The zero-order chi connectivity index (χ0) is 15.2. The van der Waals surface area contributed by atoms with Gasteiger partial charge in [0.05, 0.1) is 0 Å². The van der Waals surface area contributed by atoms with Crippen LogP contribution in [0.4, 0.5) is 0 Å². The van der Waals surface area contributed by atoms with Crippen LogP contribution in [-0.4, -0.2) is 48.6 Å². The standard InChI is InChI=1S/C12H32O4Si3/c1-17(2,3)15-18(4,5)16-19(6,11-7-9-13)12-8-10-14/h13-14H,7-12H2,1-6H3. The molecule has 0 aromatic carbocycles. The van der Waals surface area contributed by atoms with Crippen LogP contribution in [0.25, 0.3) is 0 Å². The highest BCUT2D eigenvalue weighted by molar-refractivity contribution is 6.87. The average molecular weight is 325 g/mol. The highest BCUT2D eigenvalue weighted by atomic mass is 28.5. The Kier molecular flexibility index (Phi) is 8.27. The van der Waals surface area contributed by atoms with E-state index in [1.54, 1.807) is 0 Å². The molecule has 0 aromatic rings. The highest BCUT2D eigenvalue weighted by Gasteiger charge is 2.39. The summed E-state index contributed by atoms with van der Waals surface area (Å²) in [7, 11) is -5.60. The number of aliphatic hydroxyl groups is 2. The predicted molar refractivity (Wildman–Crippen MR) is 87.6 cm³/mol. The maximum atomic E-state index is 9.04. The van der Waals surface area contributed by atoms with Gasteiger partial charge < -0.3 is 18.4 Å². The van der Waals surface area contributed by atoms with Gasteiger partial charge in [0.15, 0.2) is 16.6 Å². The fourth-order valence-corrected chi connectivity index (χ4v) is 16.6. The first-order chi connectivity index (χ1) is 8.54. The Morgan fingerprint density at radius 3 is 1.47 bits per heavy atom. The molecule has 116 valence electrons. The third kappa shape index (κ3) is 9.94. The summed E-state index contributed by atoms with van der Waals surface area (Å²) in [6.07, 6.45) is 1.57. The van der Waals surface area contributed by atoms with Gasteiger partial charge in [0.25, 0.3) is 0 Å². The molecule has 0 aliphatic carbocycles. The molecule has 0 saturated carbocycles. The summed E-state index contributed by atoms with van der Waals surface area (Å²) in [5, 5.41) is 18.1. The summed E-state index contributed by atoms with van der Waals surface area (Å²) in [5.74, 6) is 0. The molecule has 0 aliphatic heterocycles. The second kappa shape index (κ2) is 8.06. The van der Waals surface area contributed by atoms with E-state index in [2.05, 4.69) is 39.3 Å². The molecule has 0 aromatic heterocycles. The van der Waals surface area contributed by atoms with Crippen molar-refractivity contribution in [1.82, 2.24) is 0 Å². The van der Waals surface area contributed by atoms with E-state index in [0.717, 1.165) is 24.9 Å². The average Bonchev–Trinajstić information content (AvgIpc) is 2.19.